The van der Waals surface area contributed by atoms with Crippen LogP contribution in [0.4, 0.5) is 15.8 Å². The van der Waals surface area contributed by atoms with Crippen LogP contribution in [0.2, 0.25) is 0 Å². The van der Waals surface area contributed by atoms with Crippen molar-refractivity contribution in [1.29, 1.82) is 0 Å². The van der Waals surface area contributed by atoms with Crippen molar-refractivity contribution in [2.24, 2.45) is 0 Å². The second-order valence-corrected chi connectivity index (χ2v) is 5.38. The summed E-state index contributed by atoms with van der Waals surface area (Å²) in [6, 6.07) is 9.43. The number of halogens is 2. The van der Waals surface area contributed by atoms with Crippen molar-refractivity contribution in [2.45, 2.75) is 0 Å². The maximum absolute atomic E-state index is 13.2. The monoisotopic (exact) mass is 396 g/mol. The highest BCUT2D eigenvalue weighted by atomic mass is 79.9. The lowest BCUT2D eigenvalue weighted by atomic mass is 10.2. The lowest BCUT2D eigenvalue weighted by molar-refractivity contribution is -0.387. The van der Waals surface area contributed by atoms with Gasteiger partial charge in [0, 0.05) is 16.2 Å². The minimum Gasteiger partial charge on any atom is -0.452 e. The van der Waals surface area contributed by atoms with Gasteiger partial charge >= 0.3 is 11.7 Å². The van der Waals surface area contributed by atoms with Gasteiger partial charge in [0.05, 0.1) is 10.5 Å². The maximum Gasteiger partial charge on any atom is 0.339 e. The van der Waals surface area contributed by atoms with Gasteiger partial charge in [-0.15, -0.1) is 0 Å². The van der Waals surface area contributed by atoms with Crippen LogP contribution in [0, 0.1) is 15.9 Å². The molecule has 2 aromatic carbocycles. The Morgan fingerprint density at radius 1 is 1.25 bits per heavy atom. The first-order chi connectivity index (χ1) is 11.4. The van der Waals surface area contributed by atoms with E-state index in [0.29, 0.717) is 4.47 Å². The zero-order valence-electron chi connectivity index (χ0n) is 12.0. The third kappa shape index (κ3) is 4.35. The predicted octanol–water partition coefficient (Wildman–Crippen LogP) is 3.29. The number of nitrogens with zero attached hydrogens (tertiary/aromatic N) is 1. The van der Waals surface area contributed by atoms with Crippen LogP contribution in [0.5, 0.6) is 0 Å². The van der Waals surface area contributed by atoms with Crippen LogP contribution in [0.1, 0.15) is 10.4 Å². The Kier molecular flexibility index (Phi) is 5.59. The molecule has 0 radical (unpaired) electrons. The summed E-state index contributed by atoms with van der Waals surface area (Å²) in [6.45, 7) is -0.592. The van der Waals surface area contributed by atoms with Gasteiger partial charge in [-0.1, -0.05) is 12.1 Å². The highest BCUT2D eigenvalue weighted by molar-refractivity contribution is 9.10. The van der Waals surface area contributed by atoms with E-state index in [1.807, 2.05) is 0 Å². The van der Waals surface area contributed by atoms with Gasteiger partial charge in [0.25, 0.3) is 5.91 Å². The van der Waals surface area contributed by atoms with Gasteiger partial charge in [0.1, 0.15) is 0 Å². The van der Waals surface area contributed by atoms with Crippen LogP contribution in [0.15, 0.2) is 46.9 Å². The van der Waals surface area contributed by atoms with Gasteiger partial charge in [-0.25, -0.2) is 4.79 Å². The minimum atomic E-state index is -1.02. The van der Waals surface area contributed by atoms with Gasteiger partial charge in [-0.2, -0.15) is 4.39 Å². The summed E-state index contributed by atoms with van der Waals surface area (Å²) in [4.78, 5) is 33.3. The molecule has 1 amide bonds. The molecule has 0 atom stereocenters. The highest BCUT2D eigenvalue weighted by Gasteiger charge is 2.16. The molecule has 9 heteroatoms. The van der Waals surface area contributed by atoms with E-state index in [1.165, 1.54) is 6.07 Å². The van der Waals surface area contributed by atoms with E-state index in [2.05, 4.69) is 21.2 Å². The Morgan fingerprint density at radius 3 is 2.62 bits per heavy atom. The molecule has 0 saturated heterocycles. The molecule has 2 aromatic rings. The number of hydrogen-bond acceptors (Lipinski definition) is 5. The summed E-state index contributed by atoms with van der Waals surface area (Å²) >= 11 is 3.19. The fraction of sp³-hybridized carbons (Fsp3) is 0.0667. The molecule has 2 rings (SSSR count). The van der Waals surface area contributed by atoms with E-state index in [4.69, 9.17) is 4.74 Å². The largest absolute Gasteiger partial charge is 0.452 e. The van der Waals surface area contributed by atoms with Crippen LogP contribution < -0.4 is 5.32 Å². The maximum atomic E-state index is 13.2. The second-order valence-electron chi connectivity index (χ2n) is 4.53. The number of carbonyl (C=O) groups excluding carboxylic acids is 2. The number of ether oxygens (including phenoxy) is 1. The predicted molar refractivity (Wildman–Crippen MR) is 86.1 cm³/mol. The molecule has 7 nitrogen and oxygen atoms in total. The van der Waals surface area contributed by atoms with Crippen molar-refractivity contribution in [1.82, 2.24) is 0 Å². The standard InChI is InChI=1S/C15H10BrFN2O5/c16-11-4-2-1-3-10(11)15(21)24-8-14(20)18-9-5-6-12(17)13(7-9)19(22)23/h1-7H,8H2,(H,18,20). The van der Waals surface area contributed by atoms with Gasteiger partial charge in [-0.05, 0) is 40.2 Å². The Balaban J connectivity index is 1.97. The zero-order valence-corrected chi connectivity index (χ0v) is 13.6. The van der Waals surface area contributed by atoms with E-state index in [0.717, 1.165) is 18.2 Å². The summed E-state index contributed by atoms with van der Waals surface area (Å²) in [6.07, 6.45) is 0. The number of nitrogens with one attached hydrogen (secondary N) is 1. The molecular formula is C15H10BrFN2O5. The lowest BCUT2D eigenvalue weighted by Crippen LogP contribution is -2.21. The average Bonchev–Trinajstić information content (AvgIpc) is 2.54. The normalized spacial score (nSPS) is 10.1. The summed E-state index contributed by atoms with van der Waals surface area (Å²) in [7, 11) is 0. The molecule has 0 saturated carbocycles. The Hall–Kier alpha value is -2.81. The smallest absolute Gasteiger partial charge is 0.339 e. The first kappa shape index (κ1) is 17.5. The number of rotatable bonds is 5. The fourth-order valence-corrected chi connectivity index (χ4v) is 2.21. The lowest BCUT2D eigenvalue weighted by Gasteiger charge is -2.07. The van der Waals surface area contributed by atoms with Crippen molar-refractivity contribution in [3.63, 3.8) is 0 Å². The van der Waals surface area contributed by atoms with Crippen LogP contribution in [0.3, 0.4) is 0 Å². The molecule has 124 valence electrons. The number of hydrogen-bond donors (Lipinski definition) is 1. The van der Waals surface area contributed by atoms with E-state index >= 15 is 0 Å². The molecule has 0 aliphatic carbocycles. The quantitative estimate of drug-likeness (QED) is 0.474. The number of anilines is 1. The second kappa shape index (κ2) is 7.64. The summed E-state index contributed by atoms with van der Waals surface area (Å²) < 4.78 is 18.6. The third-order valence-electron chi connectivity index (χ3n) is 2.85. The van der Waals surface area contributed by atoms with Gasteiger partial charge in [-0.3, -0.25) is 14.9 Å². The van der Waals surface area contributed by atoms with E-state index < -0.39 is 34.9 Å². The average molecular weight is 397 g/mol. The molecule has 1 N–H and O–H groups in total. The highest BCUT2D eigenvalue weighted by Crippen LogP contribution is 2.21. The molecule has 0 fully saturated rings. The van der Waals surface area contributed by atoms with Crippen LogP contribution in [-0.2, 0) is 9.53 Å². The molecule has 0 bridgehead atoms. The summed E-state index contributed by atoms with van der Waals surface area (Å²) in [5, 5.41) is 12.9. The summed E-state index contributed by atoms with van der Waals surface area (Å²) in [5.41, 5.74) is -0.495. The van der Waals surface area contributed by atoms with E-state index in [1.54, 1.807) is 18.2 Å². The third-order valence-corrected chi connectivity index (χ3v) is 3.55. The molecule has 0 aliphatic heterocycles. The first-order valence-electron chi connectivity index (χ1n) is 6.54. The van der Waals surface area contributed by atoms with Crippen molar-refractivity contribution in [3.8, 4) is 0 Å². The number of esters is 1. The Labute approximate surface area is 143 Å². The molecular weight excluding hydrogens is 387 g/mol. The number of amides is 1. The van der Waals surface area contributed by atoms with Crippen molar-refractivity contribution in [3.05, 3.63) is 68.4 Å². The molecule has 0 aromatic heterocycles. The molecule has 0 heterocycles. The van der Waals surface area contributed by atoms with E-state index in [9.17, 15) is 24.1 Å². The molecule has 24 heavy (non-hydrogen) atoms. The van der Waals surface area contributed by atoms with Crippen LogP contribution >= 0.6 is 15.9 Å². The van der Waals surface area contributed by atoms with Gasteiger partial charge in [0.15, 0.2) is 6.61 Å². The topological polar surface area (TPSA) is 98.5 Å². The zero-order chi connectivity index (χ0) is 17.7. The minimum absolute atomic E-state index is 0.0186. The van der Waals surface area contributed by atoms with Crippen LogP contribution in [-0.4, -0.2) is 23.4 Å². The SMILES string of the molecule is O=C(COC(=O)c1ccccc1Br)Nc1ccc(F)c([N+](=O)[O-])c1. The molecule has 0 aliphatic rings. The number of benzene rings is 2. The first-order valence-corrected chi connectivity index (χ1v) is 7.33. The van der Waals surface area contributed by atoms with Gasteiger partial charge in [0.2, 0.25) is 5.82 Å². The summed E-state index contributed by atoms with van der Waals surface area (Å²) in [5.74, 6) is -2.43. The molecule has 0 spiro atoms. The Morgan fingerprint density at radius 2 is 1.96 bits per heavy atom. The Bertz CT molecular complexity index is 812. The number of nitro groups is 1. The fourth-order valence-electron chi connectivity index (χ4n) is 1.76. The van der Waals surface area contributed by atoms with Gasteiger partial charge < -0.3 is 10.1 Å². The molecule has 0 unspecified atom stereocenters. The van der Waals surface area contributed by atoms with Crippen molar-refractivity contribution >= 4 is 39.2 Å². The number of carbonyl (C=O) groups is 2. The van der Waals surface area contributed by atoms with Crippen LogP contribution in [0.25, 0.3) is 0 Å². The van der Waals surface area contributed by atoms with E-state index in [-0.39, 0.29) is 11.3 Å². The van der Waals surface area contributed by atoms with Crippen molar-refractivity contribution in [2.75, 3.05) is 11.9 Å². The number of nitro benzene ring substituents is 1. The van der Waals surface area contributed by atoms with Crippen molar-refractivity contribution < 1.29 is 23.6 Å².